The van der Waals surface area contributed by atoms with Crippen molar-refractivity contribution in [1.29, 1.82) is 0 Å². The minimum absolute atomic E-state index is 0.0805. The number of imidazole rings is 1. The van der Waals surface area contributed by atoms with E-state index in [0.717, 1.165) is 22.4 Å². The average molecular weight is 329 g/mol. The lowest BCUT2D eigenvalue weighted by Gasteiger charge is -2.17. The van der Waals surface area contributed by atoms with Crippen molar-refractivity contribution in [2.75, 3.05) is 6.54 Å². The summed E-state index contributed by atoms with van der Waals surface area (Å²) in [6.07, 6.45) is 6.05. The highest BCUT2D eigenvalue weighted by atomic mass is 16.2. The minimum Gasteiger partial charge on any atom is -0.338 e. The van der Waals surface area contributed by atoms with E-state index in [1.165, 1.54) is 0 Å². The molecule has 2 heterocycles. The maximum absolute atomic E-state index is 12.5. The Morgan fingerprint density at radius 2 is 1.88 bits per heavy atom. The van der Waals surface area contributed by atoms with Crippen molar-refractivity contribution < 1.29 is 4.79 Å². The zero-order chi connectivity index (χ0) is 17.2. The number of rotatable bonds is 4. The molecule has 0 bridgehead atoms. The third-order valence-corrected chi connectivity index (χ3v) is 4.73. The van der Waals surface area contributed by atoms with E-state index < -0.39 is 0 Å². The van der Waals surface area contributed by atoms with Crippen molar-refractivity contribution in [2.45, 2.75) is 25.4 Å². The molecule has 4 rings (SSSR count). The van der Waals surface area contributed by atoms with E-state index in [9.17, 15) is 4.79 Å². The molecule has 0 N–H and O–H groups in total. The van der Waals surface area contributed by atoms with Crippen molar-refractivity contribution >= 4 is 16.9 Å². The second kappa shape index (κ2) is 6.45. The van der Waals surface area contributed by atoms with Gasteiger partial charge in [-0.1, -0.05) is 48.4 Å². The van der Waals surface area contributed by atoms with Crippen LogP contribution < -0.4 is 0 Å². The van der Waals surface area contributed by atoms with Gasteiger partial charge in [0.25, 0.3) is 0 Å². The lowest BCUT2D eigenvalue weighted by Crippen LogP contribution is -2.24. The van der Waals surface area contributed by atoms with Crippen LogP contribution in [-0.2, 0) is 17.9 Å². The van der Waals surface area contributed by atoms with E-state index in [-0.39, 0.29) is 11.8 Å². The number of fused-ring (bicyclic) bond motifs is 1. The molecule has 1 fully saturated rings. The summed E-state index contributed by atoms with van der Waals surface area (Å²) in [6, 6.07) is 18.1. The average Bonchev–Trinajstić information content (AvgIpc) is 3.18. The van der Waals surface area contributed by atoms with E-state index >= 15 is 0 Å². The number of hydrogen-bond donors (Lipinski definition) is 0. The van der Waals surface area contributed by atoms with Crippen LogP contribution in [0.15, 0.2) is 54.6 Å². The number of nitrogens with zero attached hydrogens (tertiary/aromatic N) is 3. The van der Waals surface area contributed by atoms with Gasteiger partial charge >= 0.3 is 0 Å². The van der Waals surface area contributed by atoms with Crippen molar-refractivity contribution in [1.82, 2.24) is 14.5 Å². The van der Waals surface area contributed by atoms with E-state index in [4.69, 9.17) is 11.4 Å². The molecule has 1 aromatic heterocycles. The first kappa shape index (κ1) is 15.5. The molecule has 25 heavy (non-hydrogen) atoms. The summed E-state index contributed by atoms with van der Waals surface area (Å²) in [5.41, 5.74) is 3.11. The smallest absolute Gasteiger partial charge is 0.223 e. The summed E-state index contributed by atoms with van der Waals surface area (Å²) >= 11 is 0. The van der Waals surface area contributed by atoms with E-state index in [1.807, 2.05) is 59.5 Å². The Labute approximate surface area is 147 Å². The third-order valence-electron chi connectivity index (χ3n) is 4.73. The van der Waals surface area contributed by atoms with Gasteiger partial charge in [0.05, 0.1) is 17.6 Å². The predicted octanol–water partition coefficient (Wildman–Crippen LogP) is 3.19. The Bertz CT molecular complexity index is 952. The first-order valence-electron chi connectivity index (χ1n) is 8.46. The van der Waals surface area contributed by atoms with Gasteiger partial charge < -0.3 is 9.47 Å². The first-order valence-corrected chi connectivity index (χ1v) is 8.46. The zero-order valence-electron chi connectivity index (χ0n) is 13.9. The van der Waals surface area contributed by atoms with Gasteiger partial charge in [-0.3, -0.25) is 4.79 Å². The van der Waals surface area contributed by atoms with Gasteiger partial charge in [-0.05, 0) is 17.7 Å². The van der Waals surface area contributed by atoms with Gasteiger partial charge in [0, 0.05) is 25.4 Å². The quantitative estimate of drug-likeness (QED) is 0.690. The Kier molecular flexibility index (Phi) is 3.99. The number of terminal acetylenes is 1. The van der Waals surface area contributed by atoms with Crippen molar-refractivity contribution in [2.24, 2.45) is 0 Å². The lowest BCUT2D eigenvalue weighted by atomic mass is 10.1. The highest BCUT2D eigenvalue weighted by Gasteiger charge is 2.33. The molecular formula is C21H19N3O. The van der Waals surface area contributed by atoms with Crippen LogP contribution >= 0.6 is 0 Å². The van der Waals surface area contributed by atoms with Crippen molar-refractivity contribution in [3.05, 3.63) is 66.0 Å². The largest absolute Gasteiger partial charge is 0.338 e. The second-order valence-electron chi connectivity index (χ2n) is 6.41. The molecule has 0 radical (unpaired) electrons. The molecule has 1 saturated heterocycles. The van der Waals surface area contributed by atoms with Crippen molar-refractivity contribution in [3.8, 4) is 12.3 Å². The molecule has 1 aliphatic heterocycles. The van der Waals surface area contributed by atoms with E-state index in [0.29, 0.717) is 26.1 Å². The Morgan fingerprint density at radius 3 is 2.68 bits per heavy atom. The van der Waals surface area contributed by atoms with Crippen LogP contribution in [0.25, 0.3) is 11.0 Å². The molecule has 0 aliphatic carbocycles. The number of benzene rings is 2. The van der Waals surface area contributed by atoms with E-state index in [1.54, 1.807) is 0 Å². The lowest BCUT2D eigenvalue weighted by molar-refractivity contribution is -0.128. The van der Waals surface area contributed by atoms with Crippen molar-refractivity contribution in [3.63, 3.8) is 0 Å². The van der Waals surface area contributed by atoms with Crippen LogP contribution in [0.2, 0.25) is 0 Å². The fourth-order valence-electron chi connectivity index (χ4n) is 3.57. The topological polar surface area (TPSA) is 38.1 Å². The second-order valence-corrected chi connectivity index (χ2v) is 6.41. The summed E-state index contributed by atoms with van der Waals surface area (Å²) in [5.74, 6) is 3.89. The van der Waals surface area contributed by atoms with Crippen LogP contribution in [0.1, 0.15) is 23.7 Å². The van der Waals surface area contributed by atoms with Crippen LogP contribution in [0.3, 0.4) is 0 Å². The molecule has 4 nitrogen and oxygen atoms in total. The standard InChI is InChI=1S/C21H19N3O/c1-2-12-24-19-11-7-6-10-18(19)22-21(24)17-13-20(25)23(15-17)14-16-8-4-3-5-9-16/h1,3-11,17H,12-15H2/t17-/m0/s1. The monoisotopic (exact) mass is 329 g/mol. The summed E-state index contributed by atoms with van der Waals surface area (Å²) in [7, 11) is 0. The fourth-order valence-corrected chi connectivity index (χ4v) is 3.57. The normalized spacial score (nSPS) is 17.2. The van der Waals surface area contributed by atoms with Crippen LogP contribution in [0, 0.1) is 12.3 Å². The van der Waals surface area contributed by atoms with E-state index in [2.05, 4.69) is 10.5 Å². The Morgan fingerprint density at radius 1 is 1.12 bits per heavy atom. The number of carbonyl (C=O) groups is 1. The molecular weight excluding hydrogens is 310 g/mol. The summed E-state index contributed by atoms with van der Waals surface area (Å²) < 4.78 is 2.07. The number of amides is 1. The number of likely N-dealkylation sites (tertiary alicyclic amines) is 1. The van der Waals surface area contributed by atoms with Gasteiger partial charge in [-0.25, -0.2) is 4.98 Å². The molecule has 0 spiro atoms. The molecule has 124 valence electrons. The molecule has 1 aliphatic rings. The summed E-state index contributed by atoms with van der Waals surface area (Å²) in [5, 5.41) is 0. The van der Waals surface area contributed by atoms with Gasteiger partial charge in [-0.15, -0.1) is 6.42 Å². The number of para-hydroxylation sites is 2. The first-order chi connectivity index (χ1) is 12.3. The minimum atomic E-state index is 0.0805. The van der Waals surface area contributed by atoms with Gasteiger partial charge in [0.1, 0.15) is 5.82 Å². The highest BCUT2D eigenvalue weighted by Crippen LogP contribution is 2.31. The van der Waals surface area contributed by atoms with Crippen LogP contribution in [-0.4, -0.2) is 26.9 Å². The number of aromatic nitrogens is 2. The van der Waals surface area contributed by atoms with Crippen LogP contribution in [0.4, 0.5) is 0 Å². The zero-order valence-corrected chi connectivity index (χ0v) is 13.9. The molecule has 0 unspecified atom stereocenters. The number of carbonyl (C=O) groups excluding carboxylic acids is 1. The van der Waals surface area contributed by atoms with Gasteiger partial charge in [0.2, 0.25) is 5.91 Å². The van der Waals surface area contributed by atoms with Gasteiger partial charge in [-0.2, -0.15) is 0 Å². The third kappa shape index (κ3) is 2.89. The Hall–Kier alpha value is -3.06. The molecule has 2 aromatic carbocycles. The molecule has 3 aromatic rings. The Balaban J connectivity index is 1.63. The SMILES string of the molecule is C#CCn1c([C@H]2CC(=O)N(Cc3ccccc3)C2)nc2ccccc21. The fraction of sp³-hybridized carbons (Fsp3) is 0.238. The number of hydrogen-bond acceptors (Lipinski definition) is 2. The summed E-state index contributed by atoms with van der Waals surface area (Å²) in [4.78, 5) is 19.2. The molecule has 1 atom stereocenters. The summed E-state index contributed by atoms with van der Waals surface area (Å²) in [6.45, 7) is 1.80. The molecule has 1 amide bonds. The maximum Gasteiger partial charge on any atom is 0.223 e. The highest BCUT2D eigenvalue weighted by molar-refractivity contribution is 5.81. The predicted molar refractivity (Wildman–Crippen MR) is 97.8 cm³/mol. The molecule has 0 saturated carbocycles. The van der Waals surface area contributed by atoms with Gasteiger partial charge in [0.15, 0.2) is 0 Å². The maximum atomic E-state index is 12.5. The molecule has 4 heteroatoms. The van der Waals surface area contributed by atoms with Crippen LogP contribution in [0.5, 0.6) is 0 Å².